The summed E-state index contributed by atoms with van der Waals surface area (Å²) in [6, 6.07) is 10.3. The largest absolute Gasteiger partial charge is 0.344 e. The van der Waals surface area contributed by atoms with Gasteiger partial charge in [-0.15, -0.1) is 0 Å². The first kappa shape index (κ1) is 19.2. The minimum atomic E-state index is -0.166. The van der Waals surface area contributed by atoms with Crippen molar-refractivity contribution in [2.24, 2.45) is 0 Å². The van der Waals surface area contributed by atoms with Crippen molar-refractivity contribution in [3.63, 3.8) is 0 Å². The van der Waals surface area contributed by atoms with E-state index in [1.165, 1.54) is 5.56 Å². The molecule has 0 saturated carbocycles. The molecular formula is C19H30N4O2. The van der Waals surface area contributed by atoms with Gasteiger partial charge >= 0.3 is 6.03 Å². The summed E-state index contributed by atoms with van der Waals surface area (Å²) in [4.78, 5) is 27.8. The Morgan fingerprint density at radius 2 is 1.96 bits per heavy atom. The van der Waals surface area contributed by atoms with Gasteiger partial charge in [0.1, 0.15) is 0 Å². The van der Waals surface area contributed by atoms with Gasteiger partial charge in [0, 0.05) is 32.6 Å². The van der Waals surface area contributed by atoms with Crippen LogP contribution in [-0.4, -0.2) is 61.0 Å². The second-order valence-corrected chi connectivity index (χ2v) is 6.51. The Kier molecular flexibility index (Phi) is 7.25. The normalized spacial score (nSPS) is 19.0. The number of nitrogens with one attached hydrogen (secondary N) is 2. The lowest BCUT2D eigenvalue weighted by molar-refractivity contribution is -0.132. The van der Waals surface area contributed by atoms with E-state index >= 15 is 0 Å². The maximum absolute atomic E-state index is 12.3. The number of benzene rings is 1. The molecule has 0 radical (unpaired) electrons. The van der Waals surface area contributed by atoms with E-state index in [0.717, 1.165) is 13.1 Å². The van der Waals surface area contributed by atoms with E-state index in [1.54, 1.807) is 11.9 Å². The molecule has 1 aromatic carbocycles. The van der Waals surface area contributed by atoms with E-state index in [0.29, 0.717) is 25.9 Å². The molecule has 2 rings (SSSR count). The Morgan fingerprint density at radius 3 is 2.56 bits per heavy atom. The number of amides is 3. The molecule has 1 saturated heterocycles. The molecule has 0 spiro atoms. The molecule has 1 heterocycles. The van der Waals surface area contributed by atoms with Gasteiger partial charge in [-0.05, 0) is 25.1 Å². The molecule has 138 valence electrons. The van der Waals surface area contributed by atoms with Crippen LogP contribution in [0.4, 0.5) is 4.79 Å². The Morgan fingerprint density at radius 1 is 1.28 bits per heavy atom. The summed E-state index contributed by atoms with van der Waals surface area (Å²) in [5.41, 5.74) is 1.20. The zero-order valence-electron chi connectivity index (χ0n) is 15.5. The summed E-state index contributed by atoms with van der Waals surface area (Å²) in [7, 11) is 1.78. The van der Waals surface area contributed by atoms with Crippen LogP contribution in [0.25, 0.3) is 0 Å². The van der Waals surface area contributed by atoms with Crippen LogP contribution < -0.4 is 10.6 Å². The first-order chi connectivity index (χ1) is 12.0. The highest BCUT2D eigenvalue weighted by atomic mass is 16.2. The van der Waals surface area contributed by atoms with Crippen molar-refractivity contribution in [1.82, 2.24) is 20.4 Å². The van der Waals surface area contributed by atoms with Crippen LogP contribution in [0, 0.1) is 0 Å². The van der Waals surface area contributed by atoms with Gasteiger partial charge < -0.3 is 15.5 Å². The summed E-state index contributed by atoms with van der Waals surface area (Å²) in [6.45, 7) is 7.25. The smallest absolute Gasteiger partial charge is 0.315 e. The number of rotatable bonds is 7. The van der Waals surface area contributed by atoms with E-state index in [4.69, 9.17) is 0 Å². The van der Waals surface area contributed by atoms with Crippen molar-refractivity contribution >= 4 is 11.9 Å². The Balaban J connectivity index is 1.91. The van der Waals surface area contributed by atoms with Crippen molar-refractivity contribution in [3.8, 4) is 0 Å². The van der Waals surface area contributed by atoms with Gasteiger partial charge in [0.15, 0.2) is 0 Å². The Hall–Kier alpha value is -2.08. The van der Waals surface area contributed by atoms with E-state index in [1.807, 2.05) is 18.2 Å². The van der Waals surface area contributed by atoms with Crippen LogP contribution in [0.15, 0.2) is 30.3 Å². The zero-order valence-corrected chi connectivity index (χ0v) is 15.5. The summed E-state index contributed by atoms with van der Waals surface area (Å²) in [5.74, 6) is 0.143. The molecule has 2 atom stereocenters. The number of urea groups is 1. The predicted molar refractivity (Wildman–Crippen MR) is 99.3 cm³/mol. The fourth-order valence-electron chi connectivity index (χ4n) is 3.35. The van der Waals surface area contributed by atoms with Gasteiger partial charge in [0.25, 0.3) is 0 Å². The molecular weight excluding hydrogens is 316 g/mol. The summed E-state index contributed by atoms with van der Waals surface area (Å²) in [6.07, 6.45) is 1.20. The quantitative estimate of drug-likeness (QED) is 0.794. The van der Waals surface area contributed by atoms with Crippen LogP contribution in [0.1, 0.15) is 38.3 Å². The van der Waals surface area contributed by atoms with E-state index in [-0.39, 0.29) is 24.0 Å². The lowest BCUT2D eigenvalue weighted by Crippen LogP contribution is -2.52. The van der Waals surface area contributed by atoms with Crippen molar-refractivity contribution < 1.29 is 9.59 Å². The monoisotopic (exact) mass is 346 g/mol. The summed E-state index contributed by atoms with van der Waals surface area (Å²) < 4.78 is 0. The maximum Gasteiger partial charge on any atom is 0.315 e. The highest BCUT2D eigenvalue weighted by Gasteiger charge is 2.24. The fraction of sp³-hybridized carbons (Fsp3) is 0.579. The molecule has 6 heteroatoms. The molecule has 0 unspecified atom stereocenters. The van der Waals surface area contributed by atoms with Crippen LogP contribution in [0.5, 0.6) is 0 Å². The van der Waals surface area contributed by atoms with Crippen LogP contribution in [0.3, 0.4) is 0 Å². The highest BCUT2D eigenvalue weighted by molar-refractivity contribution is 5.78. The molecule has 1 aromatic rings. The van der Waals surface area contributed by atoms with Crippen molar-refractivity contribution in [1.29, 1.82) is 0 Å². The molecule has 1 aliphatic rings. The zero-order chi connectivity index (χ0) is 18.2. The van der Waals surface area contributed by atoms with Crippen molar-refractivity contribution in [3.05, 3.63) is 35.9 Å². The van der Waals surface area contributed by atoms with Gasteiger partial charge in [-0.25, -0.2) is 4.79 Å². The van der Waals surface area contributed by atoms with E-state index in [9.17, 15) is 9.59 Å². The molecule has 2 N–H and O–H groups in total. The van der Waals surface area contributed by atoms with Gasteiger partial charge in [0.05, 0.1) is 6.04 Å². The van der Waals surface area contributed by atoms with Crippen LogP contribution in [0.2, 0.25) is 0 Å². The van der Waals surface area contributed by atoms with Gasteiger partial charge in [-0.1, -0.05) is 44.2 Å². The second-order valence-electron chi connectivity index (χ2n) is 6.51. The predicted octanol–water partition coefficient (Wildman–Crippen LogP) is 1.99. The molecule has 0 aromatic heterocycles. The van der Waals surface area contributed by atoms with Crippen molar-refractivity contribution in [2.75, 3.05) is 33.2 Å². The number of piperidine rings is 1. The van der Waals surface area contributed by atoms with Crippen LogP contribution in [-0.2, 0) is 4.79 Å². The Labute approximate surface area is 150 Å². The number of carbonyl (C=O) groups is 2. The summed E-state index contributed by atoms with van der Waals surface area (Å²) in [5, 5.41) is 6.00. The van der Waals surface area contributed by atoms with E-state index in [2.05, 4.69) is 41.5 Å². The SMILES string of the molecule is CCN(CC)[C@H](CNC(=O)N[C@H]1CCC(=O)N(C)C1)c1ccccc1. The second kappa shape index (κ2) is 9.42. The first-order valence-electron chi connectivity index (χ1n) is 9.12. The minimum absolute atomic E-state index is 0.0197. The lowest BCUT2D eigenvalue weighted by Gasteiger charge is -2.32. The molecule has 1 fully saturated rings. The third-order valence-corrected chi connectivity index (χ3v) is 4.86. The minimum Gasteiger partial charge on any atom is -0.344 e. The number of likely N-dealkylation sites (tertiary alicyclic amines) is 1. The molecule has 6 nitrogen and oxygen atoms in total. The molecule has 3 amide bonds. The molecule has 0 bridgehead atoms. The Bertz CT molecular complexity index is 560. The molecule has 1 aliphatic heterocycles. The standard InChI is InChI=1S/C19H30N4O2/c1-4-23(5-2)17(15-9-7-6-8-10-15)13-20-19(25)21-16-11-12-18(24)22(3)14-16/h6-10,16-17H,4-5,11-14H2,1-3H3,(H2,20,21,25)/t16-,17+/m0/s1. The first-order valence-corrected chi connectivity index (χ1v) is 9.12. The van der Waals surface area contributed by atoms with Crippen LogP contribution >= 0.6 is 0 Å². The third-order valence-electron chi connectivity index (χ3n) is 4.86. The number of carbonyl (C=O) groups excluding carboxylic acids is 2. The fourth-order valence-corrected chi connectivity index (χ4v) is 3.35. The lowest BCUT2D eigenvalue weighted by atomic mass is 10.0. The van der Waals surface area contributed by atoms with Gasteiger partial charge in [-0.2, -0.15) is 0 Å². The van der Waals surface area contributed by atoms with E-state index < -0.39 is 0 Å². The average Bonchev–Trinajstić information content (AvgIpc) is 2.62. The van der Waals surface area contributed by atoms with Crippen molar-refractivity contribution in [2.45, 2.75) is 38.8 Å². The topological polar surface area (TPSA) is 64.7 Å². The van der Waals surface area contributed by atoms with Gasteiger partial charge in [-0.3, -0.25) is 9.69 Å². The summed E-state index contributed by atoms with van der Waals surface area (Å²) >= 11 is 0. The molecule has 25 heavy (non-hydrogen) atoms. The number of likely N-dealkylation sites (N-methyl/N-ethyl adjacent to an activating group) is 2. The third kappa shape index (κ3) is 5.46. The maximum atomic E-state index is 12.3. The number of hydrogen-bond donors (Lipinski definition) is 2. The highest BCUT2D eigenvalue weighted by Crippen LogP contribution is 2.19. The average molecular weight is 346 g/mol. The number of nitrogens with zero attached hydrogens (tertiary/aromatic N) is 2. The van der Waals surface area contributed by atoms with Gasteiger partial charge in [0.2, 0.25) is 5.91 Å². The molecule has 0 aliphatic carbocycles. The number of hydrogen-bond acceptors (Lipinski definition) is 3.